The number of carbonyl (C=O) groups is 2. The quantitative estimate of drug-likeness (QED) is 0.175. The molecule has 33 heavy (non-hydrogen) atoms. The van der Waals surface area contributed by atoms with Crippen LogP contribution in [0.1, 0.15) is 77.2 Å². The van der Waals surface area contributed by atoms with Crippen LogP contribution in [0.4, 0.5) is 10.5 Å². The van der Waals surface area contributed by atoms with Crippen molar-refractivity contribution in [2.24, 2.45) is 0 Å². The van der Waals surface area contributed by atoms with Crippen LogP contribution < -0.4 is 34.6 Å². The lowest BCUT2D eigenvalue weighted by Crippen LogP contribution is -3.00. The van der Waals surface area contributed by atoms with E-state index in [9.17, 15) is 9.59 Å². The van der Waals surface area contributed by atoms with Crippen molar-refractivity contribution in [2.75, 3.05) is 39.1 Å². The van der Waals surface area contributed by atoms with E-state index in [-0.39, 0.29) is 42.4 Å². The monoisotopic (exact) mass is 573 g/mol. The van der Waals surface area contributed by atoms with E-state index in [1.54, 1.807) is 0 Å². The summed E-state index contributed by atoms with van der Waals surface area (Å²) in [5, 5.41) is 6.07. The Hall–Kier alpha value is -1.35. The third-order valence-corrected chi connectivity index (χ3v) is 6.59. The lowest BCUT2D eigenvalue weighted by Gasteiger charge is -2.44. The molecule has 6 nitrogen and oxygen atoms in total. The summed E-state index contributed by atoms with van der Waals surface area (Å²) < 4.78 is 6.08. The number of likely N-dealkylation sites (tertiary alicyclic amines) is 1. The molecule has 0 radical (unpaired) electrons. The zero-order valence-electron chi connectivity index (χ0n) is 21.1. The lowest BCUT2D eigenvalue weighted by molar-refractivity contribution is -0.896. The van der Waals surface area contributed by atoms with Crippen LogP contribution in [0.5, 0.6) is 0 Å². The van der Waals surface area contributed by atoms with Gasteiger partial charge in [-0.05, 0) is 37.5 Å². The van der Waals surface area contributed by atoms with E-state index in [1.807, 2.05) is 19.1 Å². The van der Waals surface area contributed by atoms with Crippen molar-refractivity contribution in [1.29, 1.82) is 0 Å². The fourth-order valence-corrected chi connectivity index (χ4v) is 4.37. The third-order valence-electron chi connectivity index (χ3n) is 6.59. The highest BCUT2D eigenvalue weighted by Gasteiger charge is 2.42. The van der Waals surface area contributed by atoms with Crippen LogP contribution in [0.15, 0.2) is 24.3 Å². The molecule has 7 heteroatoms. The van der Waals surface area contributed by atoms with Crippen LogP contribution in [0.3, 0.4) is 0 Å². The smallest absolute Gasteiger partial charge is 0.319 e. The van der Waals surface area contributed by atoms with Gasteiger partial charge in [0.25, 0.3) is 0 Å². The number of ether oxygens (including phenoxy) is 1. The van der Waals surface area contributed by atoms with Gasteiger partial charge in [-0.2, -0.15) is 0 Å². The first kappa shape index (κ1) is 29.7. The maximum atomic E-state index is 12.8. The summed E-state index contributed by atoms with van der Waals surface area (Å²) in [5.74, 6) is -0.251. The molecule has 0 bridgehead atoms. The van der Waals surface area contributed by atoms with Crippen LogP contribution in [-0.4, -0.2) is 55.8 Å². The zero-order valence-corrected chi connectivity index (χ0v) is 23.2. The van der Waals surface area contributed by atoms with Gasteiger partial charge in [-0.1, -0.05) is 51.2 Å². The van der Waals surface area contributed by atoms with Gasteiger partial charge in [-0.15, -0.1) is 0 Å². The standard InChI is InChI=1S/C26H43N3O3.HI/c1-5-7-8-9-10-11-12-22-13-15-23(16-14-22)27-25(31)28-26(21-24(30)32-6-2)17-19-29(3,4)20-18-26;/h13-16H,5-12,17-21H2,1-4H3,(H-,27,28,31);1H. The van der Waals surface area contributed by atoms with E-state index < -0.39 is 5.54 Å². The number of urea groups is 1. The van der Waals surface area contributed by atoms with Crippen molar-refractivity contribution in [3.63, 3.8) is 0 Å². The maximum absolute atomic E-state index is 12.8. The molecule has 2 N–H and O–H groups in total. The number of nitrogens with one attached hydrogen (secondary N) is 2. The van der Waals surface area contributed by atoms with Gasteiger partial charge in [-0.3, -0.25) is 4.79 Å². The number of hydrogen-bond donors (Lipinski definition) is 2. The van der Waals surface area contributed by atoms with Crippen molar-refractivity contribution in [2.45, 2.75) is 83.6 Å². The molecule has 0 spiro atoms. The number of benzene rings is 1. The topological polar surface area (TPSA) is 67.4 Å². The normalized spacial score (nSPS) is 16.4. The lowest BCUT2D eigenvalue weighted by atomic mass is 9.83. The molecule has 1 aromatic carbocycles. The third kappa shape index (κ3) is 11.1. The Morgan fingerprint density at radius 3 is 2.18 bits per heavy atom. The van der Waals surface area contributed by atoms with Gasteiger partial charge in [0.2, 0.25) is 0 Å². The predicted molar refractivity (Wildman–Crippen MR) is 131 cm³/mol. The first-order chi connectivity index (χ1) is 15.3. The van der Waals surface area contributed by atoms with E-state index in [1.165, 1.54) is 44.1 Å². The van der Waals surface area contributed by atoms with Gasteiger partial charge >= 0.3 is 12.0 Å². The first-order valence-electron chi connectivity index (χ1n) is 12.4. The van der Waals surface area contributed by atoms with Gasteiger partial charge in [0.1, 0.15) is 0 Å². The fraction of sp³-hybridized carbons (Fsp3) is 0.692. The average Bonchev–Trinajstić information content (AvgIpc) is 2.74. The van der Waals surface area contributed by atoms with E-state index >= 15 is 0 Å². The summed E-state index contributed by atoms with van der Waals surface area (Å²) in [6.45, 7) is 6.22. The molecule has 1 aliphatic heterocycles. The predicted octanol–water partition coefficient (Wildman–Crippen LogP) is 2.28. The van der Waals surface area contributed by atoms with E-state index in [4.69, 9.17) is 4.74 Å². The van der Waals surface area contributed by atoms with Crippen molar-refractivity contribution < 1.29 is 42.8 Å². The summed E-state index contributed by atoms with van der Waals surface area (Å²) in [5.41, 5.74) is 1.52. The number of anilines is 1. The van der Waals surface area contributed by atoms with E-state index in [0.717, 1.165) is 42.5 Å². The molecule has 0 atom stereocenters. The summed E-state index contributed by atoms with van der Waals surface area (Å²) >= 11 is 0. The fourth-order valence-electron chi connectivity index (χ4n) is 4.37. The highest BCUT2D eigenvalue weighted by atomic mass is 127. The number of piperidine rings is 1. The number of unbranched alkanes of at least 4 members (excludes halogenated alkanes) is 5. The van der Waals surface area contributed by atoms with Crippen molar-refractivity contribution >= 4 is 17.7 Å². The minimum Gasteiger partial charge on any atom is -1.00 e. The number of carbonyl (C=O) groups excluding carboxylic acids is 2. The first-order valence-corrected chi connectivity index (χ1v) is 12.4. The van der Waals surface area contributed by atoms with Crippen LogP contribution in [0, 0.1) is 0 Å². The molecule has 188 valence electrons. The molecule has 2 amide bonds. The van der Waals surface area contributed by atoms with Crippen LogP contribution in [0.25, 0.3) is 0 Å². The SMILES string of the molecule is CCCCCCCCc1ccc(NC(=O)NC2(CC(=O)OCC)CC[N+](C)(C)CC2)cc1.[I-]. The van der Waals surface area contributed by atoms with E-state index in [2.05, 4.69) is 43.8 Å². The number of esters is 1. The number of quaternary nitrogens is 1. The largest absolute Gasteiger partial charge is 1.00 e. The average molecular weight is 574 g/mol. The Morgan fingerprint density at radius 1 is 0.970 bits per heavy atom. The minimum atomic E-state index is -0.554. The number of hydrogen-bond acceptors (Lipinski definition) is 3. The second-order valence-electron chi connectivity index (χ2n) is 9.94. The van der Waals surface area contributed by atoms with Gasteiger partial charge in [-0.25, -0.2) is 4.79 Å². The summed E-state index contributed by atoms with van der Waals surface area (Å²) in [4.78, 5) is 25.0. The molecule has 1 fully saturated rings. The van der Waals surface area contributed by atoms with Gasteiger partial charge < -0.3 is 43.8 Å². The molecule has 0 unspecified atom stereocenters. The van der Waals surface area contributed by atoms with Crippen molar-refractivity contribution in [1.82, 2.24) is 5.32 Å². The Balaban J connectivity index is 0.00000544. The summed E-state index contributed by atoms with van der Waals surface area (Å²) in [6, 6.07) is 7.86. The molecule has 1 aliphatic rings. The molecule has 2 rings (SSSR count). The summed E-state index contributed by atoms with van der Waals surface area (Å²) in [7, 11) is 4.36. The molecule has 1 heterocycles. The number of nitrogens with zero attached hydrogens (tertiary/aromatic N) is 1. The minimum absolute atomic E-state index is 0. The van der Waals surface area contributed by atoms with Gasteiger partial charge in [0.15, 0.2) is 0 Å². The summed E-state index contributed by atoms with van der Waals surface area (Å²) in [6.07, 6.45) is 10.6. The molecular weight excluding hydrogens is 529 g/mol. The molecule has 0 aromatic heterocycles. The van der Waals surface area contributed by atoms with Gasteiger partial charge in [0, 0.05) is 18.5 Å². The second-order valence-corrected chi connectivity index (χ2v) is 9.94. The molecular formula is C26H44IN3O3. The Bertz CT molecular complexity index is 712. The van der Waals surface area contributed by atoms with Gasteiger partial charge in [0.05, 0.1) is 45.8 Å². The highest BCUT2D eigenvalue weighted by Crippen LogP contribution is 2.29. The number of amides is 2. The Kier molecular flexibility index (Phi) is 13.3. The number of rotatable bonds is 12. The van der Waals surface area contributed by atoms with Crippen LogP contribution in [0.2, 0.25) is 0 Å². The number of aryl methyl sites for hydroxylation is 1. The number of halogens is 1. The van der Waals surface area contributed by atoms with E-state index in [0.29, 0.717) is 6.61 Å². The zero-order chi connectivity index (χ0) is 23.5. The molecule has 1 saturated heterocycles. The molecule has 0 saturated carbocycles. The molecule has 0 aliphatic carbocycles. The van der Waals surface area contributed by atoms with Crippen LogP contribution in [-0.2, 0) is 16.0 Å². The highest BCUT2D eigenvalue weighted by molar-refractivity contribution is 5.90. The van der Waals surface area contributed by atoms with Crippen molar-refractivity contribution in [3.8, 4) is 0 Å². The second kappa shape index (κ2) is 14.8. The van der Waals surface area contributed by atoms with Crippen LogP contribution >= 0.6 is 0 Å². The Labute approximate surface area is 217 Å². The Morgan fingerprint density at radius 2 is 1.58 bits per heavy atom. The molecule has 1 aromatic rings. The van der Waals surface area contributed by atoms with Crippen molar-refractivity contribution in [3.05, 3.63) is 29.8 Å². The maximum Gasteiger partial charge on any atom is 0.319 e.